The lowest BCUT2D eigenvalue weighted by molar-refractivity contribution is -0.130. The molecule has 2 unspecified atom stereocenters. The average molecular weight is 469 g/mol. The van der Waals surface area contributed by atoms with Gasteiger partial charge in [0, 0.05) is 26.6 Å². The summed E-state index contributed by atoms with van der Waals surface area (Å²) in [5.41, 5.74) is 5.75. The van der Waals surface area contributed by atoms with Crippen molar-refractivity contribution in [2.75, 3.05) is 20.2 Å². The van der Waals surface area contributed by atoms with Crippen LogP contribution in [0.5, 0.6) is 0 Å². The highest BCUT2D eigenvalue weighted by atomic mass is 19.1. The first-order chi connectivity index (χ1) is 15.7. The summed E-state index contributed by atoms with van der Waals surface area (Å²) in [5.74, 6) is 0.00564. The Hall–Kier alpha value is -2.28. The van der Waals surface area contributed by atoms with Crippen LogP contribution in [0.1, 0.15) is 72.1 Å². The van der Waals surface area contributed by atoms with Gasteiger partial charge in [-0.1, -0.05) is 44.9 Å². The van der Waals surface area contributed by atoms with Crippen molar-refractivity contribution in [2.45, 2.75) is 78.2 Å². The summed E-state index contributed by atoms with van der Waals surface area (Å²) >= 11 is 0. The lowest BCUT2D eigenvalue weighted by Gasteiger charge is -2.21. The standard InChI is InChI=1S/C14H19F2NO.C12H23NO2/c1-12(16)10-13(6-5-8-15)11-17-9-4-2-3-7-14(17)18;1-4-10(2)8-6-5-7-9-11(15-3)12(13)14/h5-6,8,10H,2-4,7,9,11H2,1H3;6,8,10-11H,4-5,7,9H2,1-3H3,(H2,13,14)/b8-5+,12-10+,13-6+;8-6+. The molecule has 1 aliphatic heterocycles. The summed E-state index contributed by atoms with van der Waals surface area (Å²) in [6.07, 6.45) is 15.6. The summed E-state index contributed by atoms with van der Waals surface area (Å²) in [7, 11) is 1.52. The fourth-order valence-corrected chi connectivity index (χ4v) is 3.25. The van der Waals surface area contributed by atoms with Gasteiger partial charge in [0.25, 0.3) is 0 Å². The Morgan fingerprint density at radius 1 is 1.30 bits per heavy atom. The number of halogens is 2. The van der Waals surface area contributed by atoms with E-state index in [1.807, 2.05) is 0 Å². The molecule has 7 heteroatoms. The quantitative estimate of drug-likeness (QED) is 0.219. The molecule has 0 radical (unpaired) electrons. The van der Waals surface area contributed by atoms with Crippen LogP contribution in [0.2, 0.25) is 0 Å². The van der Waals surface area contributed by atoms with Crippen LogP contribution in [0.15, 0.2) is 48.1 Å². The number of nitrogens with zero attached hydrogens (tertiary/aromatic N) is 1. The van der Waals surface area contributed by atoms with Crippen LogP contribution in [0, 0.1) is 5.92 Å². The number of nitrogens with two attached hydrogens (primary N) is 1. The van der Waals surface area contributed by atoms with Crippen molar-refractivity contribution in [2.24, 2.45) is 11.7 Å². The van der Waals surface area contributed by atoms with Gasteiger partial charge in [-0.05, 0) is 62.7 Å². The van der Waals surface area contributed by atoms with Crippen LogP contribution in [-0.4, -0.2) is 43.0 Å². The number of hydrogen-bond donors (Lipinski definition) is 1. The summed E-state index contributed by atoms with van der Waals surface area (Å²) in [4.78, 5) is 24.3. The lowest BCUT2D eigenvalue weighted by Crippen LogP contribution is -2.31. The van der Waals surface area contributed by atoms with Gasteiger partial charge in [0.2, 0.25) is 11.8 Å². The third kappa shape index (κ3) is 16.1. The van der Waals surface area contributed by atoms with Crippen LogP contribution >= 0.6 is 0 Å². The summed E-state index contributed by atoms with van der Waals surface area (Å²) in [6.45, 7) is 6.72. The normalized spacial score (nSPS) is 17.6. The largest absolute Gasteiger partial charge is 0.372 e. The Morgan fingerprint density at radius 3 is 2.61 bits per heavy atom. The molecule has 0 saturated carbocycles. The number of amides is 2. The number of carbonyl (C=O) groups is 2. The Labute approximate surface area is 198 Å². The monoisotopic (exact) mass is 468 g/mol. The smallest absolute Gasteiger partial charge is 0.246 e. The highest BCUT2D eigenvalue weighted by Crippen LogP contribution is 2.14. The molecular formula is C26H42F2N2O3. The SMILES string of the molecule is CCC(C)/C=C/CCCC(OC)C(N)=O.C\C(F)=C/C(=C\C=C\F)CN1CCCCCC1=O. The molecule has 1 rings (SSSR count). The molecule has 2 N–H and O–H groups in total. The van der Waals surface area contributed by atoms with Gasteiger partial charge in [0.1, 0.15) is 6.10 Å². The topological polar surface area (TPSA) is 72.6 Å². The van der Waals surface area contributed by atoms with Gasteiger partial charge in [-0.15, -0.1) is 0 Å². The Balaban J connectivity index is 0.000000633. The second kappa shape index (κ2) is 19.2. The van der Waals surface area contributed by atoms with E-state index in [2.05, 4.69) is 26.0 Å². The molecule has 33 heavy (non-hydrogen) atoms. The third-order valence-corrected chi connectivity index (χ3v) is 5.36. The first-order valence-corrected chi connectivity index (χ1v) is 11.8. The molecule has 1 saturated heterocycles. The van der Waals surface area contributed by atoms with E-state index in [-0.39, 0.29) is 17.6 Å². The maximum absolute atomic E-state index is 12.9. The number of methoxy groups -OCH3 is 1. The maximum atomic E-state index is 12.9. The minimum Gasteiger partial charge on any atom is -0.372 e. The minimum absolute atomic E-state index is 0.0903. The van der Waals surface area contributed by atoms with Crippen molar-refractivity contribution in [1.82, 2.24) is 4.90 Å². The van der Waals surface area contributed by atoms with E-state index in [4.69, 9.17) is 10.5 Å². The van der Waals surface area contributed by atoms with Crippen molar-refractivity contribution in [3.63, 3.8) is 0 Å². The molecule has 5 nitrogen and oxygen atoms in total. The highest BCUT2D eigenvalue weighted by molar-refractivity contribution is 5.78. The zero-order chi connectivity index (χ0) is 25.1. The number of rotatable bonds is 12. The molecule has 2 amide bonds. The molecule has 1 aliphatic rings. The van der Waals surface area contributed by atoms with Gasteiger partial charge in [-0.3, -0.25) is 9.59 Å². The van der Waals surface area contributed by atoms with E-state index in [0.717, 1.165) is 32.1 Å². The van der Waals surface area contributed by atoms with Crippen LogP contribution < -0.4 is 5.73 Å². The maximum Gasteiger partial charge on any atom is 0.246 e. The molecule has 188 valence electrons. The minimum atomic E-state index is -0.429. The van der Waals surface area contributed by atoms with Crippen molar-refractivity contribution in [3.8, 4) is 0 Å². The predicted octanol–water partition coefficient (Wildman–Crippen LogP) is 5.93. The van der Waals surface area contributed by atoms with Gasteiger partial charge < -0.3 is 15.4 Å². The molecule has 0 bridgehead atoms. The highest BCUT2D eigenvalue weighted by Gasteiger charge is 2.17. The van der Waals surface area contributed by atoms with Gasteiger partial charge in [-0.2, -0.15) is 0 Å². The average Bonchev–Trinajstić information content (AvgIpc) is 2.98. The first-order valence-electron chi connectivity index (χ1n) is 11.8. The molecule has 0 aromatic heterocycles. The van der Waals surface area contributed by atoms with Crippen LogP contribution in [0.25, 0.3) is 0 Å². The molecule has 1 fully saturated rings. The third-order valence-electron chi connectivity index (χ3n) is 5.36. The zero-order valence-corrected chi connectivity index (χ0v) is 20.7. The Morgan fingerprint density at radius 2 is 2.03 bits per heavy atom. The Bertz CT molecular complexity index is 683. The van der Waals surface area contributed by atoms with Crippen LogP contribution in [0.3, 0.4) is 0 Å². The fraction of sp³-hybridized carbons (Fsp3) is 0.615. The number of hydrogen-bond acceptors (Lipinski definition) is 3. The van der Waals surface area contributed by atoms with E-state index < -0.39 is 6.10 Å². The van der Waals surface area contributed by atoms with Crippen molar-refractivity contribution < 1.29 is 23.1 Å². The van der Waals surface area contributed by atoms with E-state index in [9.17, 15) is 18.4 Å². The number of likely N-dealkylation sites (tertiary alicyclic amines) is 1. The van der Waals surface area contributed by atoms with E-state index in [1.165, 1.54) is 38.7 Å². The molecular weight excluding hydrogens is 426 g/mol. The second-order valence-corrected chi connectivity index (χ2v) is 8.29. The number of unbranched alkanes of at least 4 members (excludes halogenated alkanes) is 1. The van der Waals surface area contributed by atoms with E-state index >= 15 is 0 Å². The first kappa shape index (κ1) is 30.7. The van der Waals surface area contributed by atoms with E-state index in [1.54, 1.807) is 4.90 Å². The molecule has 1 heterocycles. The van der Waals surface area contributed by atoms with Crippen molar-refractivity contribution >= 4 is 11.8 Å². The molecule has 0 aliphatic carbocycles. The Kier molecular flexibility index (Phi) is 17.9. The molecule has 0 spiro atoms. The number of primary amides is 1. The number of ether oxygens (including phenoxy) is 1. The number of allylic oxidation sites excluding steroid dienone is 5. The van der Waals surface area contributed by atoms with Gasteiger partial charge in [-0.25, -0.2) is 8.78 Å². The molecule has 0 aromatic carbocycles. The summed E-state index contributed by atoms with van der Waals surface area (Å²) in [5, 5.41) is 0. The number of carbonyl (C=O) groups excluding carboxylic acids is 2. The summed E-state index contributed by atoms with van der Waals surface area (Å²) < 4.78 is 29.9. The van der Waals surface area contributed by atoms with Gasteiger partial charge >= 0.3 is 0 Å². The second-order valence-electron chi connectivity index (χ2n) is 8.29. The van der Waals surface area contributed by atoms with Gasteiger partial charge in [0.05, 0.1) is 12.2 Å². The molecule has 0 aromatic rings. The zero-order valence-electron chi connectivity index (χ0n) is 20.7. The fourth-order valence-electron chi connectivity index (χ4n) is 3.25. The lowest BCUT2D eigenvalue weighted by atomic mass is 10.1. The summed E-state index contributed by atoms with van der Waals surface area (Å²) in [6, 6.07) is 0. The predicted molar refractivity (Wildman–Crippen MR) is 131 cm³/mol. The van der Waals surface area contributed by atoms with Crippen molar-refractivity contribution in [1.29, 1.82) is 0 Å². The van der Waals surface area contributed by atoms with Crippen molar-refractivity contribution in [3.05, 3.63) is 48.1 Å². The van der Waals surface area contributed by atoms with Crippen LogP contribution in [-0.2, 0) is 14.3 Å². The van der Waals surface area contributed by atoms with E-state index in [0.29, 0.717) is 43.8 Å². The van der Waals surface area contributed by atoms with Crippen LogP contribution in [0.4, 0.5) is 8.78 Å². The molecule has 2 atom stereocenters. The van der Waals surface area contributed by atoms with Gasteiger partial charge in [0.15, 0.2) is 0 Å².